The average Bonchev–Trinajstić information content (AvgIpc) is 2.52. The maximum atomic E-state index is 8.87. The van der Waals surface area contributed by atoms with Crippen molar-refractivity contribution in [3.05, 3.63) is 17.0 Å². The summed E-state index contributed by atoms with van der Waals surface area (Å²) in [7, 11) is 0. The Hall–Kier alpha value is 0.01000. The van der Waals surface area contributed by atoms with Crippen LogP contribution < -0.4 is 0 Å². The summed E-state index contributed by atoms with van der Waals surface area (Å²) >= 11 is 3.59. The van der Waals surface area contributed by atoms with Crippen LogP contribution in [-0.4, -0.2) is 10.9 Å². The van der Waals surface area contributed by atoms with E-state index in [0.717, 1.165) is 10.8 Å². The zero-order valence-electron chi connectivity index (χ0n) is 8.12. The fraction of sp³-hybridized carbons (Fsp3) is 0.600. The normalized spacial score (nSPS) is 11.1. The van der Waals surface area contributed by atoms with Crippen LogP contribution in [0.1, 0.15) is 25.1 Å². The van der Waals surface area contributed by atoms with Crippen LogP contribution in [0, 0.1) is 5.92 Å². The third-order valence-electron chi connectivity index (χ3n) is 1.73. The Labute approximate surface area is 88.2 Å². The van der Waals surface area contributed by atoms with Gasteiger partial charge in [-0.3, -0.25) is 0 Å². The van der Waals surface area contributed by atoms with Gasteiger partial charge in [0.05, 0.1) is 10.8 Å². The van der Waals surface area contributed by atoms with Gasteiger partial charge in [0.15, 0.2) is 0 Å². The van der Waals surface area contributed by atoms with Gasteiger partial charge in [-0.25, -0.2) is 0 Å². The highest BCUT2D eigenvalue weighted by Gasteiger charge is 2.00. The number of hydrogen-bond acceptors (Lipinski definition) is 3. The van der Waals surface area contributed by atoms with Crippen LogP contribution in [0.15, 0.2) is 16.3 Å². The van der Waals surface area contributed by atoms with Crippen molar-refractivity contribution in [1.29, 1.82) is 0 Å². The molecule has 0 saturated heterocycles. The summed E-state index contributed by atoms with van der Waals surface area (Å²) in [5.41, 5.74) is 0. The van der Waals surface area contributed by atoms with Gasteiger partial charge in [0.1, 0.15) is 0 Å². The quantitative estimate of drug-likeness (QED) is 0.761. The number of rotatable bonds is 5. The van der Waals surface area contributed by atoms with Gasteiger partial charge in [0.25, 0.3) is 0 Å². The molecule has 0 atom stereocenters. The molecule has 0 spiro atoms. The smallest absolute Gasteiger partial charge is 0.0774 e. The Balaban J connectivity index is 2.28. The molecule has 13 heavy (non-hydrogen) atoms. The van der Waals surface area contributed by atoms with E-state index in [1.54, 1.807) is 11.3 Å². The van der Waals surface area contributed by atoms with Crippen molar-refractivity contribution in [2.24, 2.45) is 5.92 Å². The van der Waals surface area contributed by atoms with E-state index in [1.807, 2.05) is 17.8 Å². The molecule has 3 heteroatoms. The zero-order chi connectivity index (χ0) is 9.68. The summed E-state index contributed by atoms with van der Waals surface area (Å²) in [5.74, 6) is 1.97. The Morgan fingerprint density at radius 3 is 2.77 bits per heavy atom. The standard InChI is InChI=1S/C10H16OS2/c1-8(2)5-6-12-10-4-3-9(7-11)13-10/h3-4,8,11H,5-7H2,1-2H3. The number of thioether (sulfide) groups is 1. The SMILES string of the molecule is CC(C)CCSc1ccc(CO)s1. The summed E-state index contributed by atoms with van der Waals surface area (Å²) in [6, 6.07) is 4.10. The first-order valence-electron chi connectivity index (χ1n) is 4.54. The number of thiophene rings is 1. The van der Waals surface area contributed by atoms with Crippen LogP contribution in [-0.2, 0) is 6.61 Å². The first kappa shape index (κ1) is 11.1. The van der Waals surface area contributed by atoms with Crippen LogP contribution in [0.25, 0.3) is 0 Å². The largest absolute Gasteiger partial charge is 0.391 e. The van der Waals surface area contributed by atoms with Crippen LogP contribution >= 0.6 is 23.1 Å². The molecule has 1 aromatic rings. The molecule has 0 aliphatic carbocycles. The first-order valence-corrected chi connectivity index (χ1v) is 6.35. The Morgan fingerprint density at radius 1 is 1.46 bits per heavy atom. The molecule has 74 valence electrons. The fourth-order valence-corrected chi connectivity index (χ4v) is 3.27. The molecule has 1 aromatic heterocycles. The van der Waals surface area contributed by atoms with E-state index in [1.165, 1.54) is 16.4 Å². The second-order valence-corrected chi connectivity index (χ2v) is 5.97. The number of hydrogen-bond donors (Lipinski definition) is 1. The summed E-state index contributed by atoms with van der Waals surface area (Å²) in [6.07, 6.45) is 1.26. The Morgan fingerprint density at radius 2 is 2.23 bits per heavy atom. The molecule has 1 rings (SSSR count). The zero-order valence-corrected chi connectivity index (χ0v) is 9.75. The average molecular weight is 216 g/mol. The second kappa shape index (κ2) is 5.68. The maximum Gasteiger partial charge on any atom is 0.0774 e. The van der Waals surface area contributed by atoms with Crippen molar-refractivity contribution in [3.63, 3.8) is 0 Å². The topological polar surface area (TPSA) is 20.2 Å². The molecule has 0 fully saturated rings. The van der Waals surface area contributed by atoms with Crippen molar-refractivity contribution in [2.75, 3.05) is 5.75 Å². The highest BCUT2D eigenvalue weighted by molar-refractivity contribution is 8.01. The van der Waals surface area contributed by atoms with Crippen LogP contribution in [0.5, 0.6) is 0 Å². The molecule has 0 amide bonds. The molecular formula is C10H16OS2. The van der Waals surface area contributed by atoms with Gasteiger partial charge in [0.2, 0.25) is 0 Å². The lowest BCUT2D eigenvalue weighted by Gasteiger charge is -2.01. The van der Waals surface area contributed by atoms with E-state index in [4.69, 9.17) is 5.11 Å². The van der Waals surface area contributed by atoms with E-state index in [0.29, 0.717) is 0 Å². The monoisotopic (exact) mass is 216 g/mol. The van der Waals surface area contributed by atoms with Crippen molar-refractivity contribution in [2.45, 2.75) is 31.1 Å². The first-order chi connectivity index (χ1) is 6.22. The van der Waals surface area contributed by atoms with Gasteiger partial charge >= 0.3 is 0 Å². The van der Waals surface area contributed by atoms with Crippen molar-refractivity contribution >= 4 is 23.1 Å². The molecule has 0 aliphatic heterocycles. The lowest BCUT2D eigenvalue weighted by molar-refractivity contribution is 0.285. The predicted octanol–water partition coefficient (Wildman–Crippen LogP) is 3.38. The predicted molar refractivity (Wildman–Crippen MR) is 60.4 cm³/mol. The third kappa shape index (κ3) is 4.16. The van der Waals surface area contributed by atoms with Crippen molar-refractivity contribution in [1.82, 2.24) is 0 Å². The molecule has 0 aliphatic rings. The van der Waals surface area contributed by atoms with E-state index in [-0.39, 0.29) is 6.61 Å². The Kier molecular flexibility index (Phi) is 4.84. The fourth-order valence-electron chi connectivity index (χ4n) is 0.916. The van der Waals surface area contributed by atoms with Gasteiger partial charge in [-0.05, 0) is 30.2 Å². The van der Waals surface area contributed by atoms with E-state index in [2.05, 4.69) is 19.9 Å². The molecule has 0 aromatic carbocycles. The van der Waals surface area contributed by atoms with Gasteiger partial charge in [-0.2, -0.15) is 0 Å². The van der Waals surface area contributed by atoms with Gasteiger partial charge < -0.3 is 5.11 Å². The molecule has 0 radical (unpaired) electrons. The van der Waals surface area contributed by atoms with Crippen molar-refractivity contribution < 1.29 is 5.11 Å². The van der Waals surface area contributed by atoms with Crippen LogP contribution in [0.2, 0.25) is 0 Å². The highest BCUT2D eigenvalue weighted by atomic mass is 32.2. The Bertz CT molecular complexity index is 243. The lowest BCUT2D eigenvalue weighted by Crippen LogP contribution is -1.88. The molecular weight excluding hydrogens is 200 g/mol. The maximum absolute atomic E-state index is 8.87. The van der Waals surface area contributed by atoms with Crippen LogP contribution in [0.3, 0.4) is 0 Å². The van der Waals surface area contributed by atoms with E-state index < -0.39 is 0 Å². The second-order valence-electron chi connectivity index (χ2n) is 3.41. The minimum atomic E-state index is 0.176. The van der Waals surface area contributed by atoms with Gasteiger partial charge in [-0.1, -0.05) is 13.8 Å². The number of aliphatic hydroxyl groups is 1. The van der Waals surface area contributed by atoms with Crippen LogP contribution in [0.4, 0.5) is 0 Å². The molecule has 0 unspecified atom stereocenters. The minimum Gasteiger partial charge on any atom is -0.391 e. The molecule has 1 N–H and O–H groups in total. The van der Waals surface area contributed by atoms with E-state index in [9.17, 15) is 0 Å². The summed E-state index contributed by atoms with van der Waals surface area (Å²) in [4.78, 5) is 1.06. The summed E-state index contributed by atoms with van der Waals surface area (Å²) in [5, 5.41) is 8.87. The summed E-state index contributed by atoms with van der Waals surface area (Å²) in [6.45, 7) is 4.66. The lowest BCUT2D eigenvalue weighted by atomic mass is 10.2. The molecule has 1 heterocycles. The molecule has 0 saturated carbocycles. The molecule has 1 nitrogen and oxygen atoms in total. The summed E-state index contributed by atoms with van der Waals surface area (Å²) < 4.78 is 1.32. The van der Waals surface area contributed by atoms with E-state index >= 15 is 0 Å². The minimum absolute atomic E-state index is 0.176. The highest BCUT2D eigenvalue weighted by Crippen LogP contribution is 2.28. The molecule has 0 bridgehead atoms. The van der Waals surface area contributed by atoms with Crippen molar-refractivity contribution in [3.8, 4) is 0 Å². The van der Waals surface area contributed by atoms with Gasteiger partial charge in [-0.15, -0.1) is 23.1 Å². The van der Waals surface area contributed by atoms with Gasteiger partial charge in [0, 0.05) is 4.88 Å². The number of aliphatic hydroxyl groups excluding tert-OH is 1. The third-order valence-corrected chi connectivity index (χ3v) is 4.06.